The molecule has 1 aromatic carbocycles. The van der Waals surface area contributed by atoms with E-state index in [-0.39, 0.29) is 12.3 Å². The number of piperidine rings is 1. The van der Waals surface area contributed by atoms with Crippen LogP contribution in [0.25, 0.3) is 0 Å². The first-order chi connectivity index (χ1) is 18.4. The topological polar surface area (TPSA) is 67.8 Å². The van der Waals surface area contributed by atoms with E-state index in [4.69, 9.17) is 9.47 Å². The van der Waals surface area contributed by atoms with E-state index < -0.39 is 19.0 Å². The highest BCUT2D eigenvalue weighted by Crippen LogP contribution is 2.33. The van der Waals surface area contributed by atoms with Crippen LogP contribution in [0.1, 0.15) is 56.6 Å². The molecule has 7 nitrogen and oxygen atoms in total. The summed E-state index contributed by atoms with van der Waals surface area (Å²) in [6, 6.07) is 7.40. The Kier molecular flexibility index (Phi) is 9.88. The molecule has 0 saturated carbocycles. The van der Waals surface area contributed by atoms with Crippen molar-refractivity contribution in [1.82, 2.24) is 14.9 Å². The maximum Gasteiger partial charge on any atom is 0.282 e. The van der Waals surface area contributed by atoms with Crippen molar-refractivity contribution in [1.29, 1.82) is 0 Å². The molecule has 2 saturated heterocycles. The molecule has 2 fully saturated rings. The molecule has 9 heteroatoms. The molecule has 2 aromatic rings. The molecule has 2 aliphatic rings. The summed E-state index contributed by atoms with van der Waals surface area (Å²) in [5.41, 5.74) is 1.79. The van der Waals surface area contributed by atoms with Crippen LogP contribution in [0.5, 0.6) is 5.75 Å². The fraction of sp³-hybridized carbons (Fsp3) is 0.621. The lowest BCUT2D eigenvalue weighted by molar-refractivity contribution is -0.165. The molecule has 0 spiro atoms. The predicted octanol–water partition coefficient (Wildman–Crippen LogP) is 5.13. The third-order valence-corrected chi connectivity index (χ3v) is 7.62. The van der Waals surface area contributed by atoms with Crippen molar-refractivity contribution in [2.75, 3.05) is 44.8 Å². The lowest BCUT2D eigenvalue weighted by atomic mass is 9.79. The molecule has 4 rings (SSSR count). The number of halogens is 2. The van der Waals surface area contributed by atoms with Gasteiger partial charge in [-0.25, -0.2) is 18.7 Å². The molecule has 0 bridgehead atoms. The Morgan fingerprint density at radius 1 is 1.08 bits per heavy atom. The highest BCUT2D eigenvalue weighted by atomic mass is 19.3. The smallest absolute Gasteiger partial charge is 0.282 e. The summed E-state index contributed by atoms with van der Waals surface area (Å²) in [7, 11) is 1.67. The molecule has 38 heavy (non-hydrogen) atoms. The number of hydrogen-bond donors (Lipinski definition) is 0. The van der Waals surface area contributed by atoms with E-state index in [9.17, 15) is 13.6 Å². The van der Waals surface area contributed by atoms with Crippen LogP contribution >= 0.6 is 0 Å². The molecule has 1 aromatic heterocycles. The number of aromatic nitrogens is 2. The van der Waals surface area contributed by atoms with Crippen molar-refractivity contribution in [3.8, 4) is 5.75 Å². The average molecular weight is 531 g/mol. The molecule has 1 atom stereocenters. The van der Waals surface area contributed by atoms with E-state index >= 15 is 0 Å². The summed E-state index contributed by atoms with van der Waals surface area (Å²) < 4.78 is 37.1. The van der Waals surface area contributed by atoms with Gasteiger partial charge in [-0.2, -0.15) is 0 Å². The summed E-state index contributed by atoms with van der Waals surface area (Å²) in [6.45, 7) is 4.48. The SMILES string of the molecule is CCC[C@@H](CCCOc1ccc(CC(=O)N2CC(F)(F)C2)cc1)C1CCN(c2ncc(COC)cn2)CC1. The monoisotopic (exact) mass is 530 g/mol. The molecule has 0 unspecified atom stereocenters. The zero-order valence-electron chi connectivity index (χ0n) is 22.6. The first-order valence-electron chi connectivity index (χ1n) is 13.8. The second-order valence-corrected chi connectivity index (χ2v) is 10.6. The maximum absolute atomic E-state index is 13.0. The minimum absolute atomic E-state index is 0.138. The fourth-order valence-electron chi connectivity index (χ4n) is 5.52. The molecular weight excluding hydrogens is 490 g/mol. The van der Waals surface area contributed by atoms with Gasteiger partial charge in [-0.3, -0.25) is 4.79 Å². The summed E-state index contributed by atoms with van der Waals surface area (Å²) in [4.78, 5) is 24.6. The molecule has 0 N–H and O–H groups in total. The van der Waals surface area contributed by atoms with E-state index in [0.717, 1.165) is 61.6 Å². The number of hydrogen-bond acceptors (Lipinski definition) is 6. The van der Waals surface area contributed by atoms with Gasteiger partial charge in [0, 0.05) is 38.2 Å². The zero-order valence-corrected chi connectivity index (χ0v) is 22.6. The van der Waals surface area contributed by atoms with Crippen molar-refractivity contribution in [3.63, 3.8) is 0 Å². The van der Waals surface area contributed by atoms with E-state index in [2.05, 4.69) is 21.8 Å². The molecule has 0 aliphatic carbocycles. The van der Waals surface area contributed by atoms with E-state index in [0.29, 0.717) is 25.0 Å². The van der Waals surface area contributed by atoms with Crippen LogP contribution in [0.2, 0.25) is 0 Å². The quantitative estimate of drug-likeness (QED) is 0.334. The number of alkyl halides is 2. The molecule has 208 valence electrons. The number of carbonyl (C=O) groups is 1. The van der Waals surface area contributed by atoms with Gasteiger partial charge in [0.2, 0.25) is 11.9 Å². The lowest BCUT2D eigenvalue weighted by Crippen LogP contribution is -2.58. The Labute approximate surface area is 224 Å². The summed E-state index contributed by atoms with van der Waals surface area (Å²) in [5, 5.41) is 0. The third kappa shape index (κ3) is 7.85. The third-order valence-electron chi connectivity index (χ3n) is 7.62. The average Bonchev–Trinajstić information content (AvgIpc) is 2.91. The Morgan fingerprint density at radius 3 is 2.37 bits per heavy atom. The van der Waals surface area contributed by atoms with Crippen LogP contribution in [0.15, 0.2) is 36.7 Å². The number of rotatable bonds is 13. The zero-order chi connectivity index (χ0) is 27.0. The Balaban J connectivity index is 1.16. The predicted molar refractivity (Wildman–Crippen MR) is 142 cm³/mol. The van der Waals surface area contributed by atoms with Gasteiger partial charge in [0.25, 0.3) is 5.92 Å². The van der Waals surface area contributed by atoms with Gasteiger partial charge in [0.15, 0.2) is 0 Å². The summed E-state index contributed by atoms with van der Waals surface area (Å²) >= 11 is 0. The van der Waals surface area contributed by atoms with E-state index in [1.54, 1.807) is 7.11 Å². The van der Waals surface area contributed by atoms with E-state index in [1.807, 2.05) is 36.7 Å². The standard InChI is InChI=1S/C29H40F2N4O3/c1-3-5-24(25-11-13-34(14-12-25)28-32-17-23(18-33-28)19-37-2)6-4-15-38-26-9-7-22(8-10-26)16-27(36)35-20-29(30,31)21-35/h7-10,17-18,24-25H,3-6,11-16,19-21H2,1-2H3/t24-/m0/s1. The number of amides is 1. The van der Waals surface area contributed by atoms with Gasteiger partial charge in [-0.15, -0.1) is 0 Å². The summed E-state index contributed by atoms with van der Waals surface area (Å²) in [5.74, 6) is -0.00708. The lowest BCUT2D eigenvalue weighted by Gasteiger charge is -2.38. The van der Waals surface area contributed by atoms with Gasteiger partial charge in [-0.05, 0) is 55.2 Å². The van der Waals surface area contributed by atoms with Crippen LogP contribution in [-0.2, 0) is 22.6 Å². The van der Waals surface area contributed by atoms with Crippen molar-refractivity contribution in [2.24, 2.45) is 11.8 Å². The van der Waals surface area contributed by atoms with Crippen molar-refractivity contribution < 1.29 is 23.0 Å². The normalized spacial score (nSPS) is 18.2. The van der Waals surface area contributed by atoms with Crippen molar-refractivity contribution in [3.05, 3.63) is 47.8 Å². The molecule has 0 radical (unpaired) electrons. The van der Waals surface area contributed by atoms with Gasteiger partial charge in [-0.1, -0.05) is 31.9 Å². The Morgan fingerprint density at radius 2 is 1.76 bits per heavy atom. The number of anilines is 1. The van der Waals surface area contributed by atoms with E-state index in [1.165, 1.54) is 17.7 Å². The Bertz CT molecular complexity index is 1000. The molecular formula is C29H40F2N4O3. The molecule has 2 aliphatic heterocycles. The van der Waals surface area contributed by atoms with Crippen LogP contribution in [0, 0.1) is 11.8 Å². The van der Waals surface area contributed by atoms with Gasteiger partial charge in [0.05, 0.1) is 32.7 Å². The fourth-order valence-corrected chi connectivity index (χ4v) is 5.52. The maximum atomic E-state index is 13.0. The van der Waals surface area contributed by atoms with Gasteiger partial charge >= 0.3 is 0 Å². The van der Waals surface area contributed by atoms with Gasteiger partial charge in [0.1, 0.15) is 5.75 Å². The van der Waals surface area contributed by atoms with Crippen molar-refractivity contribution >= 4 is 11.9 Å². The largest absolute Gasteiger partial charge is 0.494 e. The molecule has 1 amide bonds. The number of likely N-dealkylation sites (tertiary alicyclic amines) is 1. The second kappa shape index (κ2) is 13.3. The van der Waals surface area contributed by atoms with Crippen LogP contribution in [-0.4, -0.2) is 66.6 Å². The van der Waals surface area contributed by atoms with Crippen LogP contribution in [0.4, 0.5) is 14.7 Å². The summed E-state index contributed by atoms with van der Waals surface area (Å²) in [6.07, 6.45) is 10.7. The van der Waals surface area contributed by atoms with Crippen LogP contribution < -0.4 is 9.64 Å². The second-order valence-electron chi connectivity index (χ2n) is 10.6. The number of nitrogens with zero attached hydrogens (tertiary/aromatic N) is 4. The minimum Gasteiger partial charge on any atom is -0.494 e. The first kappa shape index (κ1) is 28.2. The first-order valence-corrected chi connectivity index (χ1v) is 13.8. The highest BCUT2D eigenvalue weighted by Gasteiger charge is 2.45. The minimum atomic E-state index is -2.73. The number of ether oxygens (including phenoxy) is 2. The number of benzene rings is 1. The Hall–Kier alpha value is -2.81. The van der Waals surface area contributed by atoms with Crippen molar-refractivity contribution in [2.45, 2.75) is 64.4 Å². The highest BCUT2D eigenvalue weighted by molar-refractivity contribution is 5.79. The number of methoxy groups -OCH3 is 1. The van der Waals surface area contributed by atoms with Gasteiger partial charge < -0.3 is 19.3 Å². The number of carbonyl (C=O) groups excluding carboxylic acids is 1. The van der Waals surface area contributed by atoms with Crippen LogP contribution in [0.3, 0.4) is 0 Å². The molecule has 3 heterocycles.